The predicted octanol–water partition coefficient (Wildman–Crippen LogP) is 1.86. The lowest BCUT2D eigenvalue weighted by molar-refractivity contribution is -0.141. The van der Waals surface area contributed by atoms with E-state index in [-0.39, 0.29) is 0 Å². The maximum Gasteiger partial charge on any atom is 0.405 e. The number of alkyl halides is 3. The van der Waals surface area contributed by atoms with E-state index in [1.165, 1.54) is 25.7 Å². The minimum absolute atomic E-state index is 0.500. The van der Waals surface area contributed by atoms with Gasteiger partial charge in [-0.05, 0) is 38.0 Å². The molecule has 0 aromatic carbocycles. The van der Waals surface area contributed by atoms with Crippen molar-refractivity contribution in [1.29, 1.82) is 0 Å². The zero-order valence-electron chi connectivity index (χ0n) is 13.6. The third-order valence-corrected chi connectivity index (χ3v) is 5.91. The fourth-order valence-corrected chi connectivity index (χ4v) is 4.62. The van der Waals surface area contributed by atoms with Crippen molar-refractivity contribution in [3.05, 3.63) is 0 Å². The van der Waals surface area contributed by atoms with Gasteiger partial charge in [0.15, 0.2) is 0 Å². The standard InChI is InChI=1S/C16H26F3N3O/c1-11(15(23)20-10-16(17,18)19)21-4-6-22(7-5-21)14-9-12-2-3-13(14)8-12/h11-14H,2-10H2,1H3,(H,20,23)/t11-,12-,13-,14+/m0/s1. The summed E-state index contributed by atoms with van der Waals surface area (Å²) in [7, 11) is 0. The Morgan fingerprint density at radius 2 is 1.87 bits per heavy atom. The molecule has 3 aliphatic rings. The monoisotopic (exact) mass is 333 g/mol. The Morgan fingerprint density at radius 1 is 1.17 bits per heavy atom. The topological polar surface area (TPSA) is 35.6 Å². The fourth-order valence-electron chi connectivity index (χ4n) is 4.62. The second-order valence-corrected chi connectivity index (χ2v) is 7.32. The third-order valence-electron chi connectivity index (χ3n) is 5.91. The Morgan fingerprint density at radius 3 is 2.39 bits per heavy atom. The summed E-state index contributed by atoms with van der Waals surface area (Å²) in [6.45, 7) is 3.80. The lowest BCUT2D eigenvalue weighted by Crippen LogP contribution is -2.56. The van der Waals surface area contributed by atoms with Crippen LogP contribution in [-0.2, 0) is 4.79 Å². The highest BCUT2D eigenvalue weighted by atomic mass is 19.4. The molecule has 1 N–H and O–H groups in total. The zero-order chi connectivity index (χ0) is 16.6. The van der Waals surface area contributed by atoms with E-state index in [0.717, 1.165) is 38.0 Å². The summed E-state index contributed by atoms with van der Waals surface area (Å²) >= 11 is 0. The van der Waals surface area contributed by atoms with Crippen LogP contribution < -0.4 is 5.32 Å². The van der Waals surface area contributed by atoms with Gasteiger partial charge in [0, 0.05) is 32.2 Å². The number of nitrogens with one attached hydrogen (secondary N) is 1. The maximum atomic E-state index is 12.2. The van der Waals surface area contributed by atoms with Crippen LogP contribution in [-0.4, -0.2) is 66.7 Å². The molecule has 2 aliphatic carbocycles. The number of amides is 1. The summed E-state index contributed by atoms with van der Waals surface area (Å²) in [5, 5.41) is 1.99. The molecule has 2 saturated carbocycles. The number of piperazine rings is 1. The van der Waals surface area contributed by atoms with Gasteiger partial charge in [-0.1, -0.05) is 6.42 Å². The van der Waals surface area contributed by atoms with Gasteiger partial charge in [0.05, 0.1) is 6.04 Å². The van der Waals surface area contributed by atoms with Gasteiger partial charge in [-0.2, -0.15) is 13.2 Å². The van der Waals surface area contributed by atoms with Crippen LogP contribution in [0.2, 0.25) is 0 Å². The molecule has 1 amide bonds. The fraction of sp³-hybridized carbons (Fsp3) is 0.938. The number of nitrogens with zero attached hydrogens (tertiary/aromatic N) is 2. The van der Waals surface area contributed by atoms with Crippen LogP contribution in [0.4, 0.5) is 13.2 Å². The van der Waals surface area contributed by atoms with Crippen LogP contribution in [0, 0.1) is 11.8 Å². The lowest BCUT2D eigenvalue weighted by atomic mass is 9.93. The number of carbonyl (C=O) groups is 1. The normalized spacial score (nSPS) is 33.8. The van der Waals surface area contributed by atoms with E-state index in [4.69, 9.17) is 0 Å². The Bertz CT molecular complexity index is 435. The zero-order valence-corrected chi connectivity index (χ0v) is 13.6. The molecule has 0 radical (unpaired) electrons. The molecule has 1 heterocycles. The predicted molar refractivity (Wildman–Crippen MR) is 80.9 cm³/mol. The van der Waals surface area contributed by atoms with Crippen molar-refractivity contribution in [3.63, 3.8) is 0 Å². The molecule has 132 valence electrons. The van der Waals surface area contributed by atoms with Crippen LogP contribution in [0.1, 0.15) is 32.6 Å². The van der Waals surface area contributed by atoms with Crippen molar-refractivity contribution in [2.24, 2.45) is 11.8 Å². The van der Waals surface area contributed by atoms with Gasteiger partial charge < -0.3 is 5.32 Å². The largest absolute Gasteiger partial charge is 0.405 e. The number of hydrogen-bond acceptors (Lipinski definition) is 3. The number of rotatable bonds is 4. The van der Waals surface area contributed by atoms with E-state index >= 15 is 0 Å². The second-order valence-electron chi connectivity index (χ2n) is 7.32. The van der Waals surface area contributed by atoms with Gasteiger partial charge in [-0.15, -0.1) is 0 Å². The highest BCUT2D eigenvalue weighted by Gasteiger charge is 2.43. The van der Waals surface area contributed by atoms with Crippen molar-refractivity contribution in [2.75, 3.05) is 32.7 Å². The quantitative estimate of drug-likeness (QED) is 0.853. The van der Waals surface area contributed by atoms with Gasteiger partial charge >= 0.3 is 6.18 Å². The smallest absolute Gasteiger partial charge is 0.346 e. The molecule has 0 aromatic heterocycles. The molecule has 0 spiro atoms. The van der Waals surface area contributed by atoms with E-state index in [1.807, 2.05) is 10.2 Å². The minimum atomic E-state index is -4.35. The molecular weight excluding hydrogens is 307 g/mol. The Balaban J connectivity index is 1.44. The van der Waals surface area contributed by atoms with E-state index in [2.05, 4.69) is 4.90 Å². The van der Waals surface area contributed by atoms with Crippen molar-refractivity contribution < 1.29 is 18.0 Å². The molecule has 23 heavy (non-hydrogen) atoms. The van der Waals surface area contributed by atoms with E-state index in [9.17, 15) is 18.0 Å². The summed E-state index contributed by atoms with van der Waals surface area (Å²) in [5.74, 6) is 1.23. The van der Waals surface area contributed by atoms with Crippen molar-refractivity contribution in [3.8, 4) is 0 Å². The summed E-state index contributed by atoms with van der Waals surface area (Å²) in [5.41, 5.74) is 0. The van der Waals surface area contributed by atoms with Crippen molar-refractivity contribution in [2.45, 2.75) is 50.9 Å². The number of halogens is 3. The number of hydrogen-bond donors (Lipinski definition) is 1. The van der Waals surface area contributed by atoms with Gasteiger partial charge in [0.25, 0.3) is 0 Å². The Labute approximate surface area is 135 Å². The molecule has 0 unspecified atom stereocenters. The first kappa shape index (κ1) is 17.0. The average Bonchev–Trinajstić information content (AvgIpc) is 3.14. The van der Waals surface area contributed by atoms with Crippen LogP contribution in [0.3, 0.4) is 0 Å². The van der Waals surface area contributed by atoms with Gasteiger partial charge in [-0.25, -0.2) is 0 Å². The summed E-state index contributed by atoms with van der Waals surface area (Å²) in [6, 6.07) is 0.199. The number of fused-ring (bicyclic) bond motifs is 2. The third kappa shape index (κ3) is 3.99. The molecule has 4 nitrogen and oxygen atoms in total. The maximum absolute atomic E-state index is 12.2. The molecular formula is C16H26F3N3O. The lowest BCUT2D eigenvalue weighted by Gasteiger charge is -2.42. The number of carbonyl (C=O) groups excluding carboxylic acids is 1. The van der Waals surface area contributed by atoms with E-state index in [1.54, 1.807) is 6.92 Å². The van der Waals surface area contributed by atoms with Gasteiger partial charge in [0.1, 0.15) is 6.54 Å². The second kappa shape index (κ2) is 6.59. The van der Waals surface area contributed by atoms with Gasteiger partial charge in [0.2, 0.25) is 5.91 Å². The van der Waals surface area contributed by atoms with Crippen LogP contribution in [0.15, 0.2) is 0 Å². The summed E-state index contributed by atoms with van der Waals surface area (Å²) in [6.07, 6.45) is 1.08. The first-order valence-electron chi connectivity index (χ1n) is 8.66. The van der Waals surface area contributed by atoms with E-state index < -0.39 is 24.7 Å². The van der Waals surface area contributed by atoms with Crippen LogP contribution in [0.25, 0.3) is 0 Å². The summed E-state index contributed by atoms with van der Waals surface area (Å²) in [4.78, 5) is 16.4. The van der Waals surface area contributed by atoms with Crippen molar-refractivity contribution >= 4 is 5.91 Å². The van der Waals surface area contributed by atoms with Crippen molar-refractivity contribution in [1.82, 2.24) is 15.1 Å². The molecule has 1 aliphatic heterocycles. The molecule has 2 bridgehead atoms. The first-order chi connectivity index (χ1) is 10.8. The Hall–Kier alpha value is -0.820. The molecule has 0 aromatic rings. The highest BCUT2D eigenvalue weighted by molar-refractivity contribution is 5.81. The first-order valence-corrected chi connectivity index (χ1v) is 8.66. The van der Waals surface area contributed by atoms with Gasteiger partial charge in [-0.3, -0.25) is 14.6 Å². The van der Waals surface area contributed by atoms with Crippen LogP contribution in [0.5, 0.6) is 0 Å². The highest BCUT2D eigenvalue weighted by Crippen LogP contribution is 2.46. The summed E-state index contributed by atoms with van der Waals surface area (Å²) < 4.78 is 36.6. The molecule has 3 fully saturated rings. The van der Waals surface area contributed by atoms with Crippen LogP contribution >= 0.6 is 0 Å². The molecule has 3 rings (SSSR count). The van der Waals surface area contributed by atoms with E-state index in [0.29, 0.717) is 6.04 Å². The molecule has 4 atom stereocenters. The molecule has 1 saturated heterocycles. The Kier molecular flexibility index (Phi) is 4.88. The minimum Gasteiger partial charge on any atom is -0.346 e. The average molecular weight is 333 g/mol. The molecule has 7 heteroatoms. The SMILES string of the molecule is C[C@@H](C(=O)NCC(F)(F)F)N1CCN([C@@H]2C[C@H]3CC[C@H]2C3)CC1.